The molecule has 2 aliphatic heterocycles. The number of benzene rings is 1. The van der Waals surface area contributed by atoms with E-state index >= 15 is 0 Å². The molecule has 33 heavy (non-hydrogen) atoms. The SMILES string of the molecule is CCOC(=O)C1CCCN(c2nc3c(c(=O)[nH]2)C(C(=O)Nc2ccc(F)cc2)CC(=O)N3)C1. The van der Waals surface area contributed by atoms with E-state index in [2.05, 4.69) is 20.6 Å². The average Bonchev–Trinajstić information content (AvgIpc) is 2.80. The molecule has 0 bridgehead atoms. The van der Waals surface area contributed by atoms with Gasteiger partial charge in [-0.2, -0.15) is 4.98 Å². The molecule has 2 unspecified atom stereocenters. The van der Waals surface area contributed by atoms with E-state index < -0.39 is 29.1 Å². The molecule has 174 valence electrons. The second-order valence-corrected chi connectivity index (χ2v) is 7.99. The van der Waals surface area contributed by atoms with Crippen LogP contribution in [0.25, 0.3) is 0 Å². The molecule has 0 spiro atoms. The van der Waals surface area contributed by atoms with Crippen LogP contribution in [0.1, 0.15) is 37.7 Å². The van der Waals surface area contributed by atoms with Gasteiger partial charge in [-0.3, -0.25) is 24.2 Å². The maximum atomic E-state index is 13.1. The van der Waals surface area contributed by atoms with E-state index in [9.17, 15) is 23.6 Å². The smallest absolute Gasteiger partial charge is 0.310 e. The number of piperidine rings is 1. The zero-order valence-electron chi connectivity index (χ0n) is 18.0. The fourth-order valence-electron chi connectivity index (χ4n) is 4.12. The molecule has 1 aromatic heterocycles. The van der Waals surface area contributed by atoms with Gasteiger partial charge in [-0.05, 0) is 44.0 Å². The van der Waals surface area contributed by atoms with Gasteiger partial charge in [0.15, 0.2) is 0 Å². The number of rotatable bonds is 5. The monoisotopic (exact) mass is 457 g/mol. The van der Waals surface area contributed by atoms with Crippen molar-refractivity contribution in [2.75, 3.05) is 35.2 Å². The van der Waals surface area contributed by atoms with Gasteiger partial charge in [-0.15, -0.1) is 0 Å². The first-order chi connectivity index (χ1) is 15.9. The highest BCUT2D eigenvalue weighted by atomic mass is 19.1. The van der Waals surface area contributed by atoms with Gasteiger partial charge in [-0.25, -0.2) is 4.39 Å². The van der Waals surface area contributed by atoms with Crippen LogP contribution in [0.3, 0.4) is 0 Å². The minimum Gasteiger partial charge on any atom is -0.466 e. The van der Waals surface area contributed by atoms with Gasteiger partial charge in [-0.1, -0.05) is 0 Å². The zero-order chi connectivity index (χ0) is 23.5. The van der Waals surface area contributed by atoms with E-state index in [1.165, 1.54) is 24.3 Å². The van der Waals surface area contributed by atoms with Crippen molar-refractivity contribution in [3.63, 3.8) is 0 Å². The fraction of sp³-hybridized carbons (Fsp3) is 0.409. The van der Waals surface area contributed by atoms with E-state index in [0.29, 0.717) is 31.6 Å². The number of ether oxygens (including phenoxy) is 1. The Labute approximate surface area is 188 Å². The number of carbonyl (C=O) groups excluding carboxylic acids is 3. The van der Waals surface area contributed by atoms with Crippen molar-refractivity contribution in [1.82, 2.24) is 9.97 Å². The Hall–Kier alpha value is -3.76. The molecule has 3 N–H and O–H groups in total. The summed E-state index contributed by atoms with van der Waals surface area (Å²) >= 11 is 0. The molecule has 1 aromatic carbocycles. The first kappa shape index (κ1) is 22.4. The van der Waals surface area contributed by atoms with Crippen LogP contribution in [-0.2, 0) is 19.1 Å². The molecule has 0 aliphatic carbocycles. The first-order valence-electron chi connectivity index (χ1n) is 10.8. The quantitative estimate of drug-likeness (QED) is 0.583. The molecule has 4 rings (SSSR count). The predicted molar refractivity (Wildman–Crippen MR) is 117 cm³/mol. The number of aromatic nitrogens is 2. The largest absolute Gasteiger partial charge is 0.466 e. The van der Waals surface area contributed by atoms with Gasteiger partial charge >= 0.3 is 5.97 Å². The summed E-state index contributed by atoms with van der Waals surface area (Å²) in [5.74, 6) is -2.94. The minimum absolute atomic E-state index is 0.0162. The molecule has 0 radical (unpaired) electrons. The van der Waals surface area contributed by atoms with Crippen molar-refractivity contribution in [3.05, 3.63) is 46.0 Å². The predicted octanol–water partition coefficient (Wildman–Crippen LogP) is 1.75. The number of halogens is 1. The second kappa shape index (κ2) is 9.39. The van der Waals surface area contributed by atoms with Crippen LogP contribution in [0.15, 0.2) is 29.1 Å². The maximum Gasteiger partial charge on any atom is 0.310 e. The minimum atomic E-state index is -1.06. The van der Waals surface area contributed by atoms with Crippen LogP contribution in [0, 0.1) is 11.7 Å². The van der Waals surface area contributed by atoms with Gasteiger partial charge in [0.1, 0.15) is 11.6 Å². The van der Waals surface area contributed by atoms with Crippen molar-refractivity contribution < 1.29 is 23.5 Å². The first-order valence-corrected chi connectivity index (χ1v) is 10.8. The van der Waals surface area contributed by atoms with Gasteiger partial charge in [0.25, 0.3) is 5.56 Å². The number of nitrogens with zero attached hydrogens (tertiary/aromatic N) is 2. The third-order valence-corrected chi connectivity index (χ3v) is 5.71. The van der Waals surface area contributed by atoms with Crippen molar-refractivity contribution in [3.8, 4) is 0 Å². The fourth-order valence-corrected chi connectivity index (χ4v) is 4.12. The number of aromatic amines is 1. The molecule has 2 aliphatic rings. The van der Waals surface area contributed by atoms with Crippen LogP contribution in [-0.4, -0.2) is 47.4 Å². The summed E-state index contributed by atoms with van der Waals surface area (Å²) in [6.07, 6.45) is 1.16. The molecule has 1 saturated heterocycles. The number of carbonyl (C=O) groups is 3. The van der Waals surface area contributed by atoms with Crippen LogP contribution in [0.4, 0.5) is 21.8 Å². The lowest BCUT2D eigenvalue weighted by Crippen LogP contribution is -2.42. The Kier molecular flexibility index (Phi) is 6.38. The summed E-state index contributed by atoms with van der Waals surface area (Å²) in [5.41, 5.74) is -0.155. The lowest BCUT2D eigenvalue weighted by molar-refractivity contribution is -0.148. The molecular weight excluding hydrogens is 433 g/mol. The molecule has 2 atom stereocenters. The summed E-state index contributed by atoms with van der Waals surface area (Å²) in [7, 11) is 0. The van der Waals surface area contributed by atoms with Crippen molar-refractivity contribution in [2.24, 2.45) is 5.92 Å². The molecule has 1 fully saturated rings. The molecule has 10 nitrogen and oxygen atoms in total. The van der Waals surface area contributed by atoms with Gasteiger partial charge in [0.05, 0.1) is 24.0 Å². The number of hydrogen-bond acceptors (Lipinski definition) is 7. The topological polar surface area (TPSA) is 133 Å². The Balaban J connectivity index is 1.59. The number of H-pyrrole nitrogens is 1. The lowest BCUT2D eigenvalue weighted by atomic mass is 9.92. The van der Waals surface area contributed by atoms with Crippen LogP contribution in [0.5, 0.6) is 0 Å². The molecule has 3 heterocycles. The summed E-state index contributed by atoms with van der Waals surface area (Å²) in [5, 5.41) is 5.18. The number of fused-ring (bicyclic) bond motifs is 1. The second-order valence-electron chi connectivity index (χ2n) is 7.99. The van der Waals surface area contributed by atoms with E-state index in [1.54, 1.807) is 11.8 Å². The molecule has 0 saturated carbocycles. The Morgan fingerprint density at radius 3 is 2.76 bits per heavy atom. The highest BCUT2D eigenvalue weighted by Gasteiger charge is 2.36. The van der Waals surface area contributed by atoms with Gasteiger partial charge in [0.2, 0.25) is 17.8 Å². The Bertz CT molecular complexity index is 1130. The summed E-state index contributed by atoms with van der Waals surface area (Å²) in [4.78, 5) is 59.1. The molecular formula is C22H24FN5O5. The van der Waals surface area contributed by atoms with Gasteiger partial charge in [0, 0.05) is 25.2 Å². The number of anilines is 3. The van der Waals surface area contributed by atoms with Crippen LogP contribution >= 0.6 is 0 Å². The lowest BCUT2D eigenvalue weighted by Gasteiger charge is -2.32. The number of nitrogens with one attached hydrogen (secondary N) is 3. The third kappa shape index (κ3) is 4.86. The van der Waals surface area contributed by atoms with E-state index in [0.717, 1.165) is 0 Å². The summed E-state index contributed by atoms with van der Waals surface area (Å²) in [6.45, 7) is 2.92. The maximum absolute atomic E-state index is 13.1. The van der Waals surface area contributed by atoms with E-state index in [1.807, 2.05) is 0 Å². The number of esters is 1. The van der Waals surface area contributed by atoms with Gasteiger partial charge < -0.3 is 20.3 Å². The van der Waals surface area contributed by atoms with Crippen LogP contribution in [0.2, 0.25) is 0 Å². The Morgan fingerprint density at radius 1 is 1.27 bits per heavy atom. The normalized spacial score (nSPS) is 19.9. The number of amides is 2. The van der Waals surface area contributed by atoms with E-state index in [-0.39, 0.29) is 42.2 Å². The highest BCUT2D eigenvalue weighted by Crippen LogP contribution is 2.31. The zero-order valence-corrected chi connectivity index (χ0v) is 18.0. The molecule has 2 amide bonds. The third-order valence-electron chi connectivity index (χ3n) is 5.71. The van der Waals surface area contributed by atoms with Crippen LogP contribution < -0.4 is 21.1 Å². The van der Waals surface area contributed by atoms with Crippen molar-refractivity contribution in [2.45, 2.75) is 32.1 Å². The highest BCUT2D eigenvalue weighted by molar-refractivity contribution is 6.04. The number of hydrogen-bond donors (Lipinski definition) is 3. The van der Waals surface area contributed by atoms with Crippen molar-refractivity contribution >= 4 is 35.2 Å². The summed E-state index contributed by atoms with van der Waals surface area (Å²) in [6, 6.07) is 5.16. The molecule has 11 heteroatoms. The summed E-state index contributed by atoms with van der Waals surface area (Å²) < 4.78 is 18.2. The average molecular weight is 457 g/mol. The molecule has 2 aromatic rings. The Morgan fingerprint density at radius 2 is 2.03 bits per heavy atom. The van der Waals surface area contributed by atoms with E-state index in [4.69, 9.17) is 4.74 Å². The standard InChI is InChI=1S/C22H24FN5O5/c1-2-33-21(32)12-4-3-9-28(11-12)22-26-18-17(20(31)27-22)15(10-16(29)25-18)19(30)24-14-7-5-13(23)6-8-14/h5-8,12,15H,2-4,9-11H2,1H3,(H,24,30)(H2,25,26,27,29,31). The van der Waals surface area contributed by atoms with Crippen molar-refractivity contribution in [1.29, 1.82) is 0 Å².